The molecule has 7 nitrogen and oxygen atoms in total. The molecule has 0 saturated heterocycles. The average Bonchev–Trinajstić information content (AvgIpc) is 2.62. The van der Waals surface area contributed by atoms with Gasteiger partial charge in [0.15, 0.2) is 0 Å². The normalized spacial score (nSPS) is 12.4. The van der Waals surface area contributed by atoms with E-state index in [-0.39, 0.29) is 18.3 Å². The quantitative estimate of drug-likeness (QED) is 0.572. The van der Waals surface area contributed by atoms with Crippen molar-refractivity contribution in [2.24, 2.45) is 0 Å². The monoisotopic (exact) mass is 256 g/mol. The lowest BCUT2D eigenvalue weighted by Crippen LogP contribution is -2.19. The summed E-state index contributed by atoms with van der Waals surface area (Å²) in [5, 5.41) is 27.1. The second kappa shape index (κ2) is 6.34. The minimum atomic E-state index is -0.407. The molecule has 0 saturated carbocycles. The smallest absolute Gasteiger partial charge is 0.333 e. The van der Waals surface area contributed by atoms with Crippen molar-refractivity contribution in [3.8, 4) is 0 Å². The molecular weight excluding hydrogens is 236 g/mol. The topological polar surface area (TPSA) is 93.2 Å². The molecule has 0 spiro atoms. The van der Waals surface area contributed by atoms with Gasteiger partial charge in [-0.25, -0.2) is 4.68 Å². The zero-order chi connectivity index (χ0) is 13.7. The Bertz CT molecular complexity index is 417. The van der Waals surface area contributed by atoms with Crippen LogP contribution in [-0.4, -0.2) is 32.5 Å². The van der Waals surface area contributed by atoms with E-state index in [4.69, 9.17) is 5.11 Å². The van der Waals surface area contributed by atoms with Gasteiger partial charge in [-0.3, -0.25) is 10.1 Å². The first-order valence-corrected chi connectivity index (χ1v) is 6.10. The summed E-state index contributed by atoms with van der Waals surface area (Å²) in [5.41, 5.74) is 0.450. The van der Waals surface area contributed by atoms with Crippen LogP contribution in [0.3, 0.4) is 0 Å². The first kappa shape index (κ1) is 14.4. The van der Waals surface area contributed by atoms with Gasteiger partial charge < -0.3 is 10.4 Å². The summed E-state index contributed by atoms with van der Waals surface area (Å²) in [5.74, 6) is 0.449. The van der Waals surface area contributed by atoms with Crippen LogP contribution in [0, 0.1) is 17.0 Å². The minimum Gasteiger partial charge on any atom is -0.396 e. The summed E-state index contributed by atoms with van der Waals surface area (Å²) in [6.07, 6.45) is 1.42. The highest BCUT2D eigenvalue weighted by molar-refractivity contribution is 5.59. The van der Waals surface area contributed by atoms with Crippen molar-refractivity contribution >= 4 is 11.5 Å². The summed E-state index contributed by atoms with van der Waals surface area (Å²) in [7, 11) is 0. The highest BCUT2D eigenvalue weighted by atomic mass is 16.6. The van der Waals surface area contributed by atoms with Crippen LogP contribution in [0.4, 0.5) is 11.5 Å². The lowest BCUT2D eigenvalue weighted by molar-refractivity contribution is -0.384. The standard InChI is InChI=1S/C11H20N4O3/c1-4-14-11(12-8(2)6-5-7-16)10(15(17)18)9(3)13-14/h8,12,16H,4-7H2,1-3H3. The van der Waals surface area contributed by atoms with Crippen LogP contribution in [0.1, 0.15) is 32.4 Å². The summed E-state index contributed by atoms with van der Waals surface area (Å²) in [6.45, 7) is 6.15. The molecule has 1 atom stereocenters. The Labute approximate surface area is 106 Å². The molecular formula is C11H20N4O3. The number of anilines is 1. The lowest BCUT2D eigenvalue weighted by Gasteiger charge is -2.14. The molecule has 102 valence electrons. The van der Waals surface area contributed by atoms with E-state index in [1.165, 1.54) is 0 Å². The van der Waals surface area contributed by atoms with Gasteiger partial charge in [0.25, 0.3) is 0 Å². The molecule has 1 rings (SSSR count). The summed E-state index contributed by atoms with van der Waals surface area (Å²) in [6, 6.07) is 0.0530. The number of rotatable bonds is 7. The number of nitrogens with zero attached hydrogens (tertiary/aromatic N) is 3. The maximum atomic E-state index is 11.0. The lowest BCUT2D eigenvalue weighted by atomic mass is 10.2. The highest BCUT2D eigenvalue weighted by Crippen LogP contribution is 2.29. The van der Waals surface area contributed by atoms with Gasteiger partial charge in [-0.2, -0.15) is 5.10 Å². The van der Waals surface area contributed by atoms with Crippen molar-refractivity contribution in [2.75, 3.05) is 11.9 Å². The summed E-state index contributed by atoms with van der Waals surface area (Å²) in [4.78, 5) is 10.6. The molecule has 18 heavy (non-hydrogen) atoms. The molecule has 2 N–H and O–H groups in total. The summed E-state index contributed by atoms with van der Waals surface area (Å²) >= 11 is 0. The van der Waals surface area contributed by atoms with Crippen LogP contribution in [-0.2, 0) is 6.54 Å². The van der Waals surface area contributed by atoms with Crippen LogP contribution in [0.25, 0.3) is 0 Å². The van der Waals surface area contributed by atoms with Gasteiger partial charge in [-0.15, -0.1) is 0 Å². The number of aliphatic hydroxyl groups is 1. The van der Waals surface area contributed by atoms with Crippen LogP contribution < -0.4 is 5.32 Å². The second-order valence-corrected chi connectivity index (χ2v) is 4.27. The molecule has 0 radical (unpaired) electrons. The van der Waals surface area contributed by atoms with E-state index in [2.05, 4.69) is 10.4 Å². The third-order valence-corrected chi connectivity index (χ3v) is 2.76. The number of hydrogen-bond donors (Lipinski definition) is 2. The largest absolute Gasteiger partial charge is 0.396 e. The van der Waals surface area contributed by atoms with Crippen molar-refractivity contribution in [3.63, 3.8) is 0 Å². The first-order chi connectivity index (χ1) is 8.51. The molecule has 0 aliphatic heterocycles. The molecule has 1 unspecified atom stereocenters. The highest BCUT2D eigenvalue weighted by Gasteiger charge is 2.25. The van der Waals surface area contributed by atoms with Crippen LogP contribution in [0.5, 0.6) is 0 Å². The van der Waals surface area contributed by atoms with Crippen LogP contribution in [0.2, 0.25) is 0 Å². The second-order valence-electron chi connectivity index (χ2n) is 4.27. The minimum absolute atomic E-state index is 0.0349. The van der Waals surface area contributed by atoms with E-state index in [1.54, 1.807) is 11.6 Å². The van der Waals surface area contributed by atoms with E-state index in [9.17, 15) is 10.1 Å². The fourth-order valence-electron chi connectivity index (χ4n) is 1.87. The molecule has 1 aromatic rings. The molecule has 0 aromatic carbocycles. The molecule has 0 fully saturated rings. The molecule has 1 aromatic heterocycles. The van der Waals surface area contributed by atoms with Crippen molar-refractivity contribution in [1.82, 2.24) is 9.78 Å². The van der Waals surface area contributed by atoms with Crippen molar-refractivity contribution < 1.29 is 10.0 Å². The summed E-state index contributed by atoms with van der Waals surface area (Å²) < 4.78 is 1.60. The number of aryl methyl sites for hydroxylation is 2. The van der Waals surface area contributed by atoms with Gasteiger partial charge in [-0.1, -0.05) is 0 Å². The number of nitro groups is 1. The maximum absolute atomic E-state index is 11.0. The fourth-order valence-corrected chi connectivity index (χ4v) is 1.87. The van der Waals surface area contributed by atoms with Crippen LogP contribution in [0.15, 0.2) is 0 Å². The number of hydrogen-bond acceptors (Lipinski definition) is 5. The zero-order valence-corrected chi connectivity index (χ0v) is 11.0. The Morgan fingerprint density at radius 2 is 2.28 bits per heavy atom. The predicted molar refractivity (Wildman–Crippen MR) is 68.7 cm³/mol. The van der Waals surface area contributed by atoms with Gasteiger partial charge in [0.2, 0.25) is 5.82 Å². The maximum Gasteiger partial charge on any atom is 0.333 e. The zero-order valence-electron chi connectivity index (χ0n) is 11.0. The third-order valence-electron chi connectivity index (χ3n) is 2.76. The van der Waals surface area contributed by atoms with Gasteiger partial charge >= 0.3 is 5.69 Å². The average molecular weight is 256 g/mol. The number of aliphatic hydroxyl groups excluding tert-OH is 1. The molecule has 1 heterocycles. The van der Waals surface area contributed by atoms with E-state index in [1.807, 2.05) is 13.8 Å². The Hall–Kier alpha value is -1.63. The third kappa shape index (κ3) is 3.19. The Morgan fingerprint density at radius 3 is 2.78 bits per heavy atom. The fraction of sp³-hybridized carbons (Fsp3) is 0.727. The molecule has 0 aliphatic rings. The van der Waals surface area contributed by atoms with Gasteiger partial charge in [0.05, 0.1) is 4.92 Å². The van der Waals surface area contributed by atoms with Crippen molar-refractivity contribution in [3.05, 3.63) is 15.8 Å². The molecule has 0 amide bonds. The van der Waals surface area contributed by atoms with E-state index < -0.39 is 4.92 Å². The Kier molecular flexibility index (Phi) is 5.08. The Balaban J connectivity index is 2.94. The van der Waals surface area contributed by atoms with Gasteiger partial charge in [-0.05, 0) is 33.6 Å². The van der Waals surface area contributed by atoms with Gasteiger partial charge in [0, 0.05) is 19.2 Å². The van der Waals surface area contributed by atoms with E-state index in [0.717, 1.165) is 6.42 Å². The van der Waals surface area contributed by atoms with Crippen molar-refractivity contribution in [2.45, 2.75) is 46.2 Å². The number of nitrogens with one attached hydrogen (secondary N) is 1. The van der Waals surface area contributed by atoms with Gasteiger partial charge in [0.1, 0.15) is 5.69 Å². The molecule has 7 heteroatoms. The molecule has 0 bridgehead atoms. The molecule has 0 aliphatic carbocycles. The first-order valence-electron chi connectivity index (χ1n) is 6.10. The van der Waals surface area contributed by atoms with Crippen molar-refractivity contribution in [1.29, 1.82) is 0 Å². The SMILES string of the molecule is CCn1nc(C)c([N+](=O)[O-])c1NC(C)CCCO. The Morgan fingerprint density at radius 1 is 1.61 bits per heavy atom. The van der Waals surface area contributed by atoms with E-state index >= 15 is 0 Å². The predicted octanol–water partition coefficient (Wildman–Crippen LogP) is 1.69. The number of aromatic nitrogens is 2. The van der Waals surface area contributed by atoms with Crippen LogP contribution >= 0.6 is 0 Å². The van der Waals surface area contributed by atoms with E-state index in [0.29, 0.717) is 24.5 Å².